The minimum Gasteiger partial charge on any atom is -0.481 e. The maximum atomic E-state index is 13.5. The van der Waals surface area contributed by atoms with Crippen molar-refractivity contribution in [2.24, 2.45) is 39.8 Å². The number of hydrogen-bond acceptors (Lipinski definition) is 11. The van der Waals surface area contributed by atoms with Crippen LogP contribution in [0.15, 0.2) is 4.99 Å². The summed E-state index contributed by atoms with van der Waals surface area (Å²) in [5.74, 6) is -9.87. The number of aliphatic hydroxyl groups excluding tert-OH is 1. The van der Waals surface area contributed by atoms with E-state index in [2.05, 4.69) is 26.3 Å². The number of aliphatic hydroxyl groups is 1. The third-order valence-corrected chi connectivity index (χ3v) is 7.11. The molecular formula is C27H49N9O10. The van der Waals surface area contributed by atoms with Gasteiger partial charge in [0.2, 0.25) is 23.6 Å². The van der Waals surface area contributed by atoms with E-state index in [0.29, 0.717) is 19.3 Å². The first-order valence-corrected chi connectivity index (χ1v) is 14.9. The molecule has 0 aromatic heterocycles. The summed E-state index contributed by atoms with van der Waals surface area (Å²) in [7, 11) is 0. The number of rotatable bonds is 24. The Balaban J connectivity index is 6.37. The molecule has 0 aliphatic heterocycles. The van der Waals surface area contributed by atoms with E-state index in [-0.39, 0.29) is 50.5 Å². The minimum atomic E-state index is -2.15. The van der Waals surface area contributed by atoms with Crippen LogP contribution < -0.4 is 44.2 Å². The summed E-state index contributed by atoms with van der Waals surface area (Å²) in [4.78, 5) is 91.0. The van der Waals surface area contributed by atoms with Crippen molar-refractivity contribution < 1.29 is 48.9 Å². The maximum Gasteiger partial charge on any atom is 0.317 e. The fourth-order valence-electron chi connectivity index (χ4n) is 4.04. The number of aliphatic carboxylic acids is 2. The molecule has 19 heteroatoms. The molecule has 0 rings (SSSR count). The summed E-state index contributed by atoms with van der Waals surface area (Å²) in [6, 6.07) is -6.78. The van der Waals surface area contributed by atoms with Crippen molar-refractivity contribution in [2.75, 3.05) is 19.7 Å². The summed E-state index contributed by atoms with van der Waals surface area (Å²) in [6.45, 7) is 3.14. The molecule has 6 atom stereocenters. The third-order valence-electron chi connectivity index (χ3n) is 7.11. The van der Waals surface area contributed by atoms with E-state index >= 15 is 0 Å². The SMILES string of the molecule is CC[C@H](C)[C@H](N)C(=O)N[C@@H](CCCN=C(N)N)C(=O)N[C@@H](CC(C(=O)O)C(=O)O)C(=O)N[C@@H](CCCCN)C(=O)N[C@H](C=O)CO. The van der Waals surface area contributed by atoms with E-state index in [1.165, 1.54) is 0 Å². The minimum absolute atomic E-state index is 0.00922. The van der Waals surface area contributed by atoms with Crippen molar-refractivity contribution >= 4 is 47.8 Å². The van der Waals surface area contributed by atoms with Crippen molar-refractivity contribution in [1.29, 1.82) is 0 Å². The quantitative estimate of drug-likeness (QED) is 0.0154. The van der Waals surface area contributed by atoms with Crippen LogP contribution in [-0.4, -0.2) is 113 Å². The van der Waals surface area contributed by atoms with E-state index in [1.807, 2.05) is 6.92 Å². The lowest BCUT2D eigenvalue weighted by Crippen LogP contribution is -2.59. The Kier molecular flexibility index (Phi) is 20.1. The molecule has 0 saturated heterocycles. The van der Waals surface area contributed by atoms with Crippen LogP contribution in [0.2, 0.25) is 0 Å². The van der Waals surface area contributed by atoms with Gasteiger partial charge in [-0.2, -0.15) is 0 Å². The van der Waals surface area contributed by atoms with Crippen LogP contribution in [0.3, 0.4) is 0 Å². The predicted octanol–water partition coefficient (Wildman–Crippen LogP) is -4.15. The Morgan fingerprint density at radius 3 is 1.78 bits per heavy atom. The highest BCUT2D eigenvalue weighted by Crippen LogP contribution is 2.12. The maximum absolute atomic E-state index is 13.5. The van der Waals surface area contributed by atoms with Crippen LogP contribution in [0.1, 0.15) is 58.8 Å². The summed E-state index contributed by atoms with van der Waals surface area (Å²) in [6.07, 6.45) is 0.759. The van der Waals surface area contributed by atoms with E-state index in [0.717, 1.165) is 0 Å². The molecule has 0 radical (unpaired) electrons. The van der Waals surface area contributed by atoms with Crippen LogP contribution >= 0.6 is 0 Å². The topological polar surface area (TPSA) is 345 Å². The fourth-order valence-corrected chi connectivity index (χ4v) is 4.04. The molecule has 4 amide bonds. The molecule has 0 saturated carbocycles. The summed E-state index contributed by atoms with van der Waals surface area (Å²) < 4.78 is 0. The molecule has 15 N–H and O–H groups in total. The van der Waals surface area contributed by atoms with Gasteiger partial charge in [0.25, 0.3) is 0 Å². The second-order valence-electron chi connectivity index (χ2n) is 10.7. The average Bonchev–Trinajstić information content (AvgIpc) is 3.00. The van der Waals surface area contributed by atoms with E-state index in [1.54, 1.807) is 6.92 Å². The molecule has 0 fully saturated rings. The number of aldehydes is 1. The van der Waals surface area contributed by atoms with Crippen LogP contribution in [0, 0.1) is 11.8 Å². The van der Waals surface area contributed by atoms with Gasteiger partial charge in [-0.15, -0.1) is 0 Å². The van der Waals surface area contributed by atoms with Gasteiger partial charge >= 0.3 is 11.9 Å². The molecule has 46 heavy (non-hydrogen) atoms. The zero-order valence-corrected chi connectivity index (χ0v) is 26.1. The summed E-state index contributed by atoms with van der Waals surface area (Å²) in [5, 5.41) is 37.6. The van der Waals surface area contributed by atoms with Gasteiger partial charge in [-0.25, -0.2) is 0 Å². The number of aliphatic imine (C=N–C) groups is 1. The second-order valence-corrected chi connectivity index (χ2v) is 10.7. The van der Waals surface area contributed by atoms with Gasteiger partial charge in [-0.05, 0) is 44.6 Å². The molecule has 0 bridgehead atoms. The number of carbonyl (C=O) groups excluding carboxylic acids is 5. The number of carboxylic acids is 2. The van der Waals surface area contributed by atoms with Crippen LogP contribution in [0.25, 0.3) is 0 Å². The highest BCUT2D eigenvalue weighted by Gasteiger charge is 2.36. The number of carbonyl (C=O) groups is 7. The van der Waals surface area contributed by atoms with Crippen LogP contribution in [-0.2, 0) is 33.6 Å². The first kappa shape index (κ1) is 41.6. The van der Waals surface area contributed by atoms with Crippen molar-refractivity contribution in [3.63, 3.8) is 0 Å². The van der Waals surface area contributed by atoms with Crippen molar-refractivity contribution in [1.82, 2.24) is 21.3 Å². The zero-order valence-electron chi connectivity index (χ0n) is 26.1. The first-order valence-electron chi connectivity index (χ1n) is 14.9. The third kappa shape index (κ3) is 15.6. The van der Waals surface area contributed by atoms with Crippen molar-refractivity contribution in [3.05, 3.63) is 0 Å². The van der Waals surface area contributed by atoms with E-state index < -0.39 is 84.7 Å². The second kappa shape index (κ2) is 22.2. The number of nitrogens with two attached hydrogens (primary N) is 4. The van der Waals surface area contributed by atoms with Gasteiger partial charge in [0.1, 0.15) is 30.5 Å². The zero-order chi connectivity index (χ0) is 35.4. The largest absolute Gasteiger partial charge is 0.481 e. The first-order chi connectivity index (χ1) is 21.6. The van der Waals surface area contributed by atoms with Crippen LogP contribution in [0.5, 0.6) is 0 Å². The molecule has 19 nitrogen and oxygen atoms in total. The van der Waals surface area contributed by atoms with Crippen molar-refractivity contribution in [3.8, 4) is 0 Å². The number of amides is 4. The summed E-state index contributed by atoms with van der Waals surface area (Å²) >= 11 is 0. The van der Waals surface area contributed by atoms with Crippen molar-refractivity contribution in [2.45, 2.75) is 89.0 Å². The Bertz CT molecular complexity index is 1060. The molecule has 0 aromatic rings. The molecule has 262 valence electrons. The summed E-state index contributed by atoms with van der Waals surface area (Å²) in [5.41, 5.74) is 22.2. The Morgan fingerprint density at radius 2 is 1.30 bits per heavy atom. The number of carboxylic acid groups (broad SMARTS) is 2. The highest BCUT2D eigenvalue weighted by atomic mass is 16.4. The predicted molar refractivity (Wildman–Crippen MR) is 164 cm³/mol. The van der Waals surface area contributed by atoms with Crippen LogP contribution in [0.4, 0.5) is 0 Å². The molecule has 0 spiro atoms. The Labute approximate surface area is 266 Å². The lowest BCUT2D eigenvalue weighted by atomic mass is 9.97. The molecule has 0 unspecified atom stereocenters. The van der Waals surface area contributed by atoms with Gasteiger partial charge in [0.05, 0.1) is 12.6 Å². The lowest BCUT2D eigenvalue weighted by molar-refractivity contribution is -0.155. The van der Waals surface area contributed by atoms with Gasteiger partial charge in [-0.1, -0.05) is 20.3 Å². The molecule has 0 aliphatic rings. The standard InChI is InChI=1S/C27H49N9O10/c1-3-14(2)20(29)24(42)35-18(8-6-10-32-27(30)31)22(40)36-19(11-16(25(43)44)26(45)46)23(41)34-17(7-4-5-9-28)21(39)33-15(12-37)13-38/h12,14-20,38H,3-11,13,28-29H2,1-2H3,(H,33,39)(H,34,41)(H,35,42)(H,36,40)(H,43,44)(H,45,46)(H4,30,31,32)/t14-,15+,17-,18-,19-,20-/m0/s1. The number of hydrogen-bond donors (Lipinski definition) is 11. The Morgan fingerprint density at radius 1 is 0.804 bits per heavy atom. The average molecular weight is 660 g/mol. The van der Waals surface area contributed by atoms with Gasteiger partial charge in [0, 0.05) is 13.0 Å². The number of nitrogens with zero attached hydrogens (tertiary/aromatic N) is 1. The van der Waals surface area contributed by atoms with Gasteiger partial charge in [-0.3, -0.25) is 33.8 Å². The normalized spacial score (nSPS) is 14.8. The smallest absolute Gasteiger partial charge is 0.317 e. The molecule has 0 heterocycles. The van der Waals surface area contributed by atoms with Gasteiger partial charge in [0.15, 0.2) is 11.9 Å². The highest BCUT2D eigenvalue weighted by molar-refractivity contribution is 5.97. The number of unbranched alkanes of at least 4 members (excludes halogenated alkanes) is 1. The van der Waals surface area contributed by atoms with E-state index in [4.69, 9.17) is 22.9 Å². The monoisotopic (exact) mass is 659 g/mol. The van der Waals surface area contributed by atoms with Gasteiger partial charge < -0.3 is 64.3 Å². The molecular weight excluding hydrogens is 610 g/mol. The molecule has 0 aromatic carbocycles. The fraction of sp³-hybridized carbons (Fsp3) is 0.704. The lowest BCUT2D eigenvalue weighted by Gasteiger charge is -2.27. The number of nitrogens with one attached hydrogen (secondary N) is 4. The van der Waals surface area contributed by atoms with E-state index in [9.17, 15) is 48.9 Å². The molecule has 0 aliphatic carbocycles. The Hall–Kier alpha value is -4.36. The number of guanidine groups is 1.